The van der Waals surface area contributed by atoms with E-state index in [-0.39, 0.29) is 0 Å². The van der Waals surface area contributed by atoms with Crippen molar-refractivity contribution < 1.29 is 0 Å². The molecule has 15 heavy (non-hydrogen) atoms. The number of hydrogen-bond acceptors (Lipinski definition) is 0. The molecule has 1 aromatic rings. The molecule has 0 fully saturated rings. The van der Waals surface area contributed by atoms with E-state index in [2.05, 4.69) is 60.7 Å². The summed E-state index contributed by atoms with van der Waals surface area (Å²) in [5.74, 6) is 0. The van der Waals surface area contributed by atoms with Crippen molar-refractivity contribution in [2.75, 3.05) is 0 Å². The highest BCUT2D eigenvalue weighted by atomic mass is 14.1. The molecule has 0 atom stereocenters. The van der Waals surface area contributed by atoms with Crippen molar-refractivity contribution in [3.63, 3.8) is 0 Å². The highest BCUT2D eigenvalue weighted by Gasteiger charge is 2.06. The maximum absolute atomic E-state index is 2.22. The van der Waals surface area contributed by atoms with E-state index in [0.29, 0.717) is 0 Å². The number of allylic oxidation sites excluding steroid dienone is 6. The summed E-state index contributed by atoms with van der Waals surface area (Å²) in [6.07, 6.45) is 14.1. The van der Waals surface area contributed by atoms with E-state index in [1.54, 1.807) is 0 Å². The largest absolute Gasteiger partial charge is 0.0801 e. The molecule has 0 heterocycles. The highest BCUT2D eigenvalue weighted by molar-refractivity contribution is 5.74. The standard InChI is InChI=1S/C15H12/c1-3-10-14-12(6-1)8-5-9-13-7-2-4-11-15(13)14/h1-10H,11H2. The van der Waals surface area contributed by atoms with Crippen LogP contribution < -0.4 is 10.4 Å². The smallest absolute Gasteiger partial charge is 0.00822 e. The molecule has 0 heteroatoms. The van der Waals surface area contributed by atoms with Gasteiger partial charge in [0, 0.05) is 0 Å². The molecule has 0 bridgehead atoms. The van der Waals surface area contributed by atoms with Gasteiger partial charge in [0.15, 0.2) is 0 Å². The van der Waals surface area contributed by atoms with Gasteiger partial charge in [0.1, 0.15) is 0 Å². The van der Waals surface area contributed by atoms with Crippen LogP contribution >= 0.6 is 0 Å². The van der Waals surface area contributed by atoms with E-state index < -0.39 is 0 Å². The van der Waals surface area contributed by atoms with Crippen molar-refractivity contribution in [3.8, 4) is 0 Å². The second-order valence-corrected chi connectivity index (χ2v) is 3.85. The number of hydrogen-bond donors (Lipinski definition) is 0. The predicted molar refractivity (Wildman–Crippen MR) is 64.5 cm³/mol. The second kappa shape index (κ2) is 3.39. The molecule has 1 aromatic carbocycles. The van der Waals surface area contributed by atoms with Gasteiger partial charge >= 0.3 is 0 Å². The molecular weight excluding hydrogens is 180 g/mol. The third-order valence-electron chi connectivity index (χ3n) is 2.92. The van der Waals surface area contributed by atoms with E-state index >= 15 is 0 Å². The van der Waals surface area contributed by atoms with Gasteiger partial charge in [-0.2, -0.15) is 0 Å². The molecule has 2 aliphatic carbocycles. The van der Waals surface area contributed by atoms with Crippen molar-refractivity contribution >= 4 is 11.6 Å². The second-order valence-electron chi connectivity index (χ2n) is 3.85. The minimum Gasteiger partial charge on any atom is -0.0801 e. The first-order valence-electron chi connectivity index (χ1n) is 5.29. The maximum Gasteiger partial charge on any atom is -0.00822 e. The lowest BCUT2D eigenvalue weighted by molar-refractivity contribution is 1.32. The zero-order chi connectivity index (χ0) is 10.1. The quantitative estimate of drug-likeness (QED) is 0.590. The van der Waals surface area contributed by atoms with E-state index in [1.165, 1.54) is 21.6 Å². The van der Waals surface area contributed by atoms with Gasteiger partial charge in [-0.25, -0.2) is 0 Å². The molecule has 0 aliphatic heterocycles. The number of benzene rings is 1. The Labute approximate surface area is 89.3 Å². The average molecular weight is 192 g/mol. The molecule has 72 valence electrons. The van der Waals surface area contributed by atoms with Crippen molar-refractivity contribution in [2.24, 2.45) is 0 Å². The lowest BCUT2D eigenvalue weighted by Gasteiger charge is -2.09. The van der Waals surface area contributed by atoms with Gasteiger partial charge in [-0.3, -0.25) is 0 Å². The molecule has 0 saturated heterocycles. The van der Waals surface area contributed by atoms with E-state index in [0.717, 1.165) is 6.42 Å². The lowest BCUT2D eigenvalue weighted by Crippen LogP contribution is -2.26. The predicted octanol–water partition coefficient (Wildman–Crippen LogP) is 2.07. The minimum atomic E-state index is 1.04. The molecule has 0 unspecified atom stereocenters. The molecule has 2 aliphatic rings. The van der Waals surface area contributed by atoms with Crippen molar-refractivity contribution in [2.45, 2.75) is 6.42 Å². The van der Waals surface area contributed by atoms with Crippen LogP contribution in [-0.4, -0.2) is 0 Å². The molecular formula is C15H12. The van der Waals surface area contributed by atoms with Gasteiger partial charge in [0.25, 0.3) is 0 Å². The van der Waals surface area contributed by atoms with E-state index in [9.17, 15) is 0 Å². The molecule has 0 nitrogen and oxygen atoms in total. The lowest BCUT2D eigenvalue weighted by atomic mass is 9.96. The zero-order valence-electron chi connectivity index (χ0n) is 8.48. The summed E-state index contributed by atoms with van der Waals surface area (Å²) in [4.78, 5) is 0. The van der Waals surface area contributed by atoms with Crippen LogP contribution in [0.1, 0.15) is 6.42 Å². The first kappa shape index (κ1) is 8.49. The molecule has 0 aromatic heterocycles. The topological polar surface area (TPSA) is 0 Å². The van der Waals surface area contributed by atoms with Crippen LogP contribution in [0.3, 0.4) is 0 Å². The van der Waals surface area contributed by atoms with Gasteiger partial charge in [0.05, 0.1) is 0 Å². The Hall–Kier alpha value is -1.82. The van der Waals surface area contributed by atoms with E-state index in [4.69, 9.17) is 0 Å². The molecule has 0 radical (unpaired) electrons. The SMILES string of the molecule is C1=CCC2=c3ccccc3=CC=CC2=C1. The van der Waals surface area contributed by atoms with Crippen molar-refractivity contribution in [1.82, 2.24) is 0 Å². The third-order valence-corrected chi connectivity index (χ3v) is 2.92. The van der Waals surface area contributed by atoms with E-state index in [1.807, 2.05) is 0 Å². The Morgan fingerprint density at radius 3 is 2.87 bits per heavy atom. The van der Waals surface area contributed by atoms with Gasteiger partial charge in [-0.05, 0) is 28.0 Å². The molecule has 3 rings (SSSR count). The first-order chi connectivity index (χ1) is 7.45. The fourth-order valence-electron chi connectivity index (χ4n) is 2.17. The van der Waals surface area contributed by atoms with Crippen LogP contribution in [0.4, 0.5) is 0 Å². The van der Waals surface area contributed by atoms with Gasteiger partial charge in [-0.15, -0.1) is 0 Å². The summed E-state index contributed by atoms with van der Waals surface area (Å²) >= 11 is 0. The Kier molecular flexibility index (Phi) is 1.92. The molecule has 0 N–H and O–H groups in total. The summed E-state index contributed by atoms with van der Waals surface area (Å²) < 4.78 is 0. The number of fused-ring (bicyclic) bond motifs is 2. The van der Waals surface area contributed by atoms with Crippen LogP contribution in [0.25, 0.3) is 11.6 Å². The van der Waals surface area contributed by atoms with Gasteiger partial charge in [0.2, 0.25) is 0 Å². The Bertz CT molecular complexity index is 595. The fourth-order valence-corrected chi connectivity index (χ4v) is 2.17. The minimum absolute atomic E-state index is 1.04. The van der Waals surface area contributed by atoms with Crippen LogP contribution in [0.2, 0.25) is 0 Å². The maximum atomic E-state index is 2.22. The average Bonchev–Trinajstić information content (AvgIpc) is 2.48. The summed E-state index contributed by atoms with van der Waals surface area (Å²) in [6.45, 7) is 0. The third kappa shape index (κ3) is 1.39. The van der Waals surface area contributed by atoms with Crippen LogP contribution in [0.5, 0.6) is 0 Å². The van der Waals surface area contributed by atoms with Crippen molar-refractivity contribution in [3.05, 3.63) is 70.7 Å². The monoisotopic (exact) mass is 192 g/mol. The Morgan fingerprint density at radius 2 is 1.87 bits per heavy atom. The van der Waals surface area contributed by atoms with Crippen LogP contribution in [0, 0.1) is 0 Å². The summed E-state index contributed by atoms with van der Waals surface area (Å²) in [5.41, 5.74) is 2.79. The molecule has 0 spiro atoms. The van der Waals surface area contributed by atoms with Crippen LogP contribution in [0.15, 0.2) is 60.2 Å². The molecule has 0 amide bonds. The summed E-state index contributed by atoms with van der Waals surface area (Å²) in [5, 5.41) is 2.69. The Morgan fingerprint density at radius 1 is 0.933 bits per heavy atom. The van der Waals surface area contributed by atoms with Crippen molar-refractivity contribution in [1.29, 1.82) is 0 Å². The summed E-state index contributed by atoms with van der Waals surface area (Å²) in [6, 6.07) is 8.59. The molecule has 0 saturated carbocycles. The normalized spacial score (nSPS) is 17.3. The van der Waals surface area contributed by atoms with Crippen LogP contribution in [-0.2, 0) is 0 Å². The van der Waals surface area contributed by atoms with Gasteiger partial charge < -0.3 is 0 Å². The summed E-state index contributed by atoms with van der Waals surface area (Å²) in [7, 11) is 0. The van der Waals surface area contributed by atoms with Gasteiger partial charge in [-0.1, -0.05) is 60.7 Å². The number of rotatable bonds is 0. The highest BCUT2D eigenvalue weighted by Crippen LogP contribution is 2.20. The Balaban J connectivity index is 2.45. The zero-order valence-corrected chi connectivity index (χ0v) is 8.48. The first-order valence-corrected chi connectivity index (χ1v) is 5.29. The fraction of sp³-hybridized carbons (Fsp3) is 0.0667.